The molecule has 3 rings (SSSR count). The number of anilines is 1. The second kappa shape index (κ2) is 12.2. The first-order valence-electron chi connectivity index (χ1n) is 11.3. The molecule has 8 heteroatoms. The summed E-state index contributed by atoms with van der Waals surface area (Å²) in [5.74, 6) is 0.187. The van der Waals surface area contributed by atoms with Gasteiger partial charge in [-0.2, -0.15) is 5.10 Å². The van der Waals surface area contributed by atoms with E-state index in [4.69, 9.17) is 9.47 Å². The highest BCUT2D eigenvalue weighted by Crippen LogP contribution is 2.28. The highest BCUT2D eigenvalue weighted by Gasteiger charge is 2.12. The molecule has 3 aromatic rings. The van der Waals surface area contributed by atoms with Crippen LogP contribution in [0.4, 0.5) is 5.69 Å². The number of nitrogens with one attached hydrogen (secondary N) is 2. The van der Waals surface area contributed by atoms with Crippen molar-refractivity contribution in [1.29, 1.82) is 0 Å². The summed E-state index contributed by atoms with van der Waals surface area (Å²) in [6, 6.07) is 19.0. The van der Waals surface area contributed by atoms with Crippen LogP contribution < -0.4 is 20.2 Å². The van der Waals surface area contributed by atoms with Gasteiger partial charge in [0.15, 0.2) is 18.1 Å². The third kappa shape index (κ3) is 7.07. The lowest BCUT2D eigenvalue weighted by Crippen LogP contribution is -2.21. The summed E-state index contributed by atoms with van der Waals surface area (Å²) in [7, 11) is 0. The largest absolute Gasteiger partial charge is 0.507 e. The zero-order chi connectivity index (χ0) is 25.2. The fourth-order valence-corrected chi connectivity index (χ4v) is 3.33. The minimum absolute atomic E-state index is 0.123. The van der Waals surface area contributed by atoms with Gasteiger partial charge in [0.05, 0.1) is 18.4 Å². The predicted molar refractivity (Wildman–Crippen MR) is 135 cm³/mol. The van der Waals surface area contributed by atoms with E-state index >= 15 is 0 Å². The second-order valence-electron chi connectivity index (χ2n) is 7.93. The van der Waals surface area contributed by atoms with E-state index in [9.17, 15) is 14.7 Å². The number of carbonyl (C=O) groups is 2. The van der Waals surface area contributed by atoms with Crippen LogP contribution in [0.25, 0.3) is 0 Å². The molecule has 0 aromatic heterocycles. The second-order valence-corrected chi connectivity index (χ2v) is 7.93. The molecule has 0 aliphatic rings. The number of hydrogen-bond donors (Lipinski definition) is 3. The first-order chi connectivity index (χ1) is 16.9. The van der Waals surface area contributed by atoms with Crippen LogP contribution >= 0.6 is 0 Å². The summed E-state index contributed by atoms with van der Waals surface area (Å²) >= 11 is 0. The maximum atomic E-state index is 12.5. The normalized spacial score (nSPS) is 10.9. The summed E-state index contributed by atoms with van der Waals surface area (Å²) in [5.41, 5.74) is 4.96. The third-order valence-corrected chi connectivity index (χ3v) is 5.01. The van der Waals surface area contributed by atoms with Crippen LogP contribution in [-0.2, 0) is 4.79 Å². The van der Waals surface area contributed by atoms with Gasteiger partial charge in [-0.15, -0.1) is 0 Å². The number of para-hydroxylation sites is 2. The van der Waals surface area contributed by atoms with Gasteiger partial charge in [-0.1, -0.05) is 44.2 Å². The van der Waals surface area contributed by atoms with Gasteiger partial charge < -0.3 is 19.9 Å². The molecule has 0 aliphatic carbocycles. The standard InChI is InChI=1S/C27H29N3O5/c1-4-34-25-15-19(16-28-30-27(33)21-10-6-8-12-23(21)31)13-14-24(25)35-17-26(32)29-22-11-7-5-9-20(22)18(2)3/h5-16,18,31H,4,17H2,1-3H3,(H,29,32)(H,30,33)/b28-16+. The number of carbonyl (C=O) groups excluding carboxylic acids is 2. The molecule has 0 saturated carbocycles. The van der Waals surface area contributed by atoms with Crippen molar-refractivity contribution in [2.24, 2.45) is 5.10 Å². The van der Waals surface area contributed by atoms with E-state index in [1.807, 2.05) is 31.2 Å². The first kappa shape index (κ1) is 25.3. The van der Waals surface area contributed by atoms with Gasteiger partial charge in [-0.3, -0.25) is 9.59 Å². The molecule has 182 valence electrons. The molecule has 0 unspecified atom stereocenters. The molecule has 0 spiro atoms. The van der Waals surface area contributed by atoms with E-state index in [0.717, 1.165) is 11.3 Å². The lowest BCUT2D eigenvalue weighted by Gasteiger charge is -2.15. The van der Waals surface area contributed by atoms with Crippen molar-refractivity contribution in [1.82, 2.24) is 5.43 Å². The number of hydrogen-bond acceptors (Lipinski definition) is 6. The van der Waals surface area contributed by atoms with E-state index < -0.39 is 5.91 Å². The summed E-state index contributed by atoms with van der Waals surface area (Å²) in [4.78, 5) is 24.6. The zero-order valence-electron chi connectivity index (χ0n) is 19.9. The topological polar surface area (TPSA) is 109 Å². The van der Waals surface area contributed by atoms with Crippen molar-refractivity contribution >= 4 is 23.7 Å². The van der Waals surface area contributed by atoms with E-state index in [1.54, 1.807) is 30.3 Å². The zero-order valence-corrected chi connectivity index (χ0v) is 19.9. The molecular formula is C27H29N3O5. The van der Waals surface area contributed by atoms with Crippen LogP contribution in [0.3, 0.4) is 0 Å². The number of phenolic OH excluding ortho intramolecular Hbond substituents is 1. The Hall–Kier alpha value is -4.33. The molecule has 0 heterocycles. The Morgan fingerprint density at radius 3 is 2.49 bits per heavy atom. The van der Waals surface area contributed by atoms with Crippen LogP contribution in [0, 0.1) is 0 Å². The van der Waals surface area contributed by atoms with E-state index in [0.29, 0.717) is 23.7 Å². The summed E-state index contributed by atoms with van der Waals surface area (Å²) in [6.45, 7) is 6.19. The van der Waals surface area contributed by atoms with Crippen molar-refractivity contribution < 1.29 is 24.2 Å². The van der Waals surface area contributed by atoms with Gasteiger partial charge in [0, 0.05) is 5.69 Å². The van der Waals surface area contributed by atoms with Crippen LogP contribution in [0.15, 0.2) is 71.8 Å². The fraction of sp³-hybridized carbons (Fsp3) is 0.222. The molecule has 2 amide bonds. The van der Waals surface area contributed by atoms with Crippen LogP contribution in [0.1, 0.15) is 48.2 Å². The molecule has 0 fully saturated rings. The Balaban J connectivity index is 1.63. The first-order valence-corrected chi connectivity index (χ1v) is 11.3. The van der Waals surface area contributed by atoms with Gasteiger partial charge in [0.25, 0.3) is 11.8 Å². The summed E-state index contributed by atoms with van der Waals surface area (Å²) in [5, 5.41) is 16.6. The highest BCUT2D eigenvalue weighted by molar-refractivity contribution is 5.97. The number of hydrazone groups is 1. The SMILES string of the molecule is CCOc1cc(/C=N/NC(=O)c2ccccc2O)ccc1OCC(=O)Nc1ccccc1C(C)C. The lowest BCUT2D eigenvalue weighted by molar-refractivity contribution is -0.118. The molecule has 0 bridgehead atoms. The monoisotopic (exact) mass is 475 g/mol. The maximum absolute atomic E-state index is 12.5. The lowest BCUT2D eigenvalue weighted by atomic mass is 10.0. The number of aromatic hydroxyl groups is 1. The van der Waals surface area contributed by atoms with Gasteiger partial charge in [0.2, 0.25) is 0 Å². The van der Waals surface area contributed by atoms with E-state index in [2.05, 4.69) is 29.7 Å². The molecule has 35 heavy (non-hydrogen) atoms. The molecule has 0 aliphatic heterocycles. The molecule has 3 N–H and O–H groups in total. The number of amides is 2. The van der Waals surface area contributed by atoms with Crippen molar-refractivity contribution in [2.75, 3.05) is 18.5 Å². The predicted octanol–water partition coefficient (Wildman–Crippen LogP) is 4.70. The van der Waals surface area contributed by atoms with Gasteiger partial charge in [0.1, 0.15) is 5.75 Å². The van der Waals surface area contributed by atoms with Gasteiger partial charge in [-0.05, 0) is 60.4 Å². The van der Waals surface area contributed by atoms with Crippen molar-refractivity contribution in [3.8, 4) is 17.2 Å². The summed E-state index contributed by atoms with van der Waals surface area (Å²) in [6.07, 6.45) is 1.44. The smallest absolute Gasteiger partial charge is 0.275 e. The Labute approximate surface area is 204 Å². The average Bonchev–Trinajstić information content (AvgIpc) is 2.84. The van der Waals surface area contributed by atoms with Crippen LogP contribution in [0.5, 0.6) is 17.2 Å². The molecule has 8 nitrogen and oxygen atoms in total. The van der Waals surface area contributed by atoms with Gasteiger partial charge in [-0.25, -0.2) is 5.43 Å². The van der Waals surface area contributed by atoms with Crippen molar-refractivity contribution in [2.45, 2.75) is 26.7 Å². The molecule has 0 atom stereocenters. The third-order valence-electron chi connectivity index (χ3n) is 5.01. The Morgan fingerprint density at radius 1 is 1.00 bits per heavy atom. The Morgan fingerprint density at radius 2 is 1.74 bits per heavy atom. The van der Waals surface area contributed by atoms with Crippen molar-refractivity contribution in [3.05, 3.63) is 83.4 Å². The van der Waals surface area contributed by atoms with Crippen LogP contribution in [-0.4, -0.2) is 36.3 Å². The molecular weight excluding hydrogens is 446 g/mol. The molecule has 0 radical (unpaired) electrons. The molecule has 0 saturated heterocycles. The van der Waals surface area contributed by atoms with E-state index in [-0.39, 0.29) is 29.7 Å². The van der Waals surface area contributed by atoms with Crippen LogP contribution in [0.2, 0.25) is 0 Å². The van der Waals surface area contributed by atoms with Crippen molar-refractivity contribution in [3.63, 3.8) is 0 Å². The Kier molecular flexibility index (Phi) is 8.83. The number of benzene rings is 3. The number of phenols is 1. The minimum Gasteiger partial charge on any atom is -0.507 e. The quantitative estimate of drug-likeness (QED) is 0.291. The van der Waals surface area contributed by atoms with Gasteiger partial charge >= 0.3 is 0 Å². The highest BCUT2D eigenvalue weighted by atomic mass is 16.5. The fourth-order valence-electron chi connectivity index (χ4n) is 3.33. The Bertz CT molecular complexity index is 1210. The number of nitrogens with zero attached hydrogens (tertiary/aromatic N) is 1. The number of rotatable bonds is 10. The van der Waals surface area contributed by atoms with E-state index in [1.165, 1.54) is 18.3 Å². The maximum Gasteiger partial charge on any atom is 0.275 e. The molecule has 3 aromatic carbocycles. The minimum atomic E-state index is -0.533. The average molecular weight is 476 g/mol. The summed E-state index contributed by atoms with van der Waals surface area (Å²) < 4.78 is 11.4. The number of ether oxygens (including phenoxy) is 2.